The molecule has 0 bridgehead atoms. The Morgan fingerprint density at radius 1 is 1.18 bits per heavy atom. The number of carbonyl (C=O) groups is 1. The Morgan fingerprint density at radius 2 is 1.82 bits per heavy atom. The third-order valence-electron chi connectivity index (χ3n) is 4.16. The number of hydrogen-bond acceptors (Lipinski definition) is 4. The van der Waals surface area contributed by atoms with Crippen molar-refractivity contribution in [1.29, 1.82) is 0 Å². The molecule has 2 N–H and O–H groups in total. The van der Waals surface area contributed by atoms with Gasteiger partial charge in [0.1, 0.15) is 5.82 Å². The number of thiocarbonyl (C=S) groups is 1. The molecule has 6 nitrogen and oxygen atoms in total. The minimum atomic E-state index is -0.712. The van der Waals surface area contributed by atoms with Crippen molar-refractivity contribution in [2.75, 3.05) is 5.32 Å². The molecule has 0 fully saturated rings. The van der Waals surface area contributed by atoms with Gasteiger partial charge < -0.3 is 10.6 Å². The molecule has 1 amide bonds. The van der Waals surface area contributed by atoms with Crippen LogP contribution >= 0.6 is 12.2 Å². The second-order valence-corrected chi connectivity index (χ2v) is 7.33. The van der Waals surface area contributed by atoms with Crippen molar-refractivity contribution in [2.45, 2.75) is 33.1 Å². The van der Waals surface area contributed by atoms with Gasteiger partial charge in [-0.15, -0.1) is 0 Å². The smallest absolute Gasteiger partial charge is 0.271 e. The van der Waals surface area contributed by atoms with Crippen LogP contribution in [0.4, 0.5) is 15.8 Å². The third kappa shape index (κ3) is 5.82. The first-order valence-corrected chi connectivity index (χ1v) is 9.22. The SMILES string of the molecule is CC(C)Cc1ccc(C(C)C(=O)NC(=S)Nc2cc([N+](=O)[O-])ccc2F)cc1. The summed E-state index contributed by atoms with van der Waals surface area (Å²) in [4.78, 5) is 22.6. The zero-order chi connectivity index (χ0) is 20.8. The number of halogens is 1. The molecule has 0 aliphatic heterocycles. The lowest BCUT2D eigenvalue weighted by molar-refractivity contribution is -0.384. The van der Waals surface area contributed by atoms with E-state index in [9.17, 15) is 19.3 Å². The molecule has 2 aromatic rings. The van der Waals surface area contributed by atoms with Crippen LogP contribution in [0.2, 0.25) is 0 Å². The first-order chi connectivity index (χ1) is 13.2. The fourth-order valence-corrected chi connectivity index (χ4v) is 2.87. The van der Waals surface area contributed by atoms with Crippen LogP contribution in [0.15, 0.2) is 42.5 Å². The largest absolute Gasteiger partial charge is 0.330 e. The van der Waals surface area contributed by atoms with Crippen LogP contribution < -0.4 is 10.6 Å². The maximum Gasteiger partial charge on any atom is 0.271 e. The van der Waals surface area contributed by atoms with Crippen LogP contribution in [0.3, 0.4) is 0 Å². The molecule has 28 heavy (non-hydrogen) atoms. The molecule has 0 saturated carbocycles. The molecule has 2 aromatic carbocycles. The Balaban J connectivity index is 2.01. The lowest BCUT2D eigenvalue weighted by Gasteiger charge is -2.15. The van der Waals surface area contributed by atoms with Crippen molar-refractivity contribution >= 4 is 34.6 Å². The molecule has 148 valence electrons. The fourth-order valence-electron chi connectivity index (χ4n) is 2.66. The molecule has 2 rings (SSSR count). The predicted molar refractivity (Wildman–Crippen MR) is 111 cm³/mol. The molecule has 0 saturated heterocycles. The quantitative estimate of drug-likeness (QED) is 0.420. The van der Waals surface area contributed by atoms with E-state index >= 15 is 0 Å². The van der Waals surface area contributed by atoms with Crippen molar-refractivity contribution in [2.24, 2.45) is 5.92 Å². The molecule has 0 aromatic heterocycles. The first-order valence-electron chi connectivity index (χ1n) is 8.82. The standard InChI is InChI=1S/C20H22FN3O3S/c1-12(2)10-14-4-6-15(7-5-14)13(3)19(25)23-20(28)22-18-11-16(24(26)27)8-9-17(18)21/h4-9,11-13H,10H2,1-3H3,(H2,22,23,25,28). The van der Waals surface area contributed by atoms with E-state index in [2.05, 4.69) is 24.5 Å². The third-order valence-corrected chi connectivity index (χ3v) is 4.37. The maximum absolute atomic E-state index is 13.8. The van der Waals surface area contributed by atoms with Crippen molar-refractivity contribution in [1.82, 2.24) is 5.32 Å². The van der Waals surface area contributed by atoms with Crippen LogP contribution in [0.5, 0.6) is 0 Å². The summed E-state index contributed by atoms with van der Waals surface area (Å²) >= 11 is 5.04. The highest BCUT2D eigenvalue weighted by Crippen LogP contribution is 2.21. The summed E-state index contributed by atoms with van der Waals surface area (Å²) in [5.74, 6) is -0.997. The van der Waals surface area contributed by atoms with E-state index in [0.717, 1.165) is 30.2 Å². The molecular weight excluding hydrogens is 381 g/mol. The van der Waals surface area contributed by atoms with Crippen LogP contribution in [-0.4, -0.2) is 15.9 Å². The van der Waals surface area contributed by atoms with Gasteiger partial charge in [0.05, 0.1) is 16.5 Å². The van der Waals surface area contributed by atoms with Crippen molar-refractivity contribution in [3.63, 3.8) is 0 Å². The molecular formula is C20H22FN3O3S. The second-order valence-electron chi connectivity index (χ2n) is 6.93. The minimum absolute atomic E-state index is 0.132. The number of anilines is 1. The van der Waals surface area contributed by atoms with E-state index in [0.29, 0.717) is 5.92 Å². The summed E-state index contributed by atoms with van der Waals surface area (Å²) in [5, 5.41) is 15.7. The van der Waals surface area contributed by atoms with Crippen LogP contribution in [-0.2, 0) is 11.2 Å². The monoisotopic (exact) mass is 403 g/mol. The molecule has 0 spiro atoms. The topological polar surface area (TPSA) is 84.3 Å². The second kappa shape index (κ2) is 9.36. The van der Waals surface area contributed by atoms with Gasteiger partial charge in [0.15, 0.2) is 5.11 Å². The van der Waals surface area contributed by atoms with Crippen molar-refractivity contribution in [3.05, 3.63) is 69.5 Å². The van der Waals surface area contributed by atoms with E-state index in [1.807, 2.05) is 24.3 Å². The average Bonchev–Trinajstić information content (AvgIpc) is 2.62. The van der Waals surface area contributed by atoms with Gasteiger partial charge in [0.2, 0.25) is 5.91 Å². The fraction of sp³-hybridized carbons (Fsp3) is 0.300. The molecule has 8 heteroatoms. The molecule has 0 aliphatic carbocycles. The van der Waals surface area contributed by atoms with Gasteiger partial charge in [0.25, 0.3) is 5.69 Å². The van der Waals surface area contributed by atoms with Gasteiger partial charge in [-0.25, -0.2) is 4.39 Å². The lowest BCUT2D eigenvalue weighted by Crippen LogP contribution is -2.37. The van der Waals surface area contributed by atoms with Crippen LogP contribution in [0.1, 0.15) is 37.8 Å². The number of rotatable bonds is 6. The molecule has 1 atom stereocenters. The van der Waals surface area contributed by atoms with Gasteiger partial charge in [-0.1, -0.05) is 38.1 Å². The van der Waals surface area contributed by atoms with Crippen LogP contribution in [0, 0.1) is 21.8 Å². The average molecular weight is 403 g/mol. The van der Waals surface area contributed by atoms with Crippen LogP contribution in [0.25, 0.3) is 0 Å². The Labute approximate surface area is 168 Å². The Bertz CT molecular complexity index is 885. The summed E-state index contributed by atoms with van der Waals surface area (Å²) < 4.78 is 13.8. The number of amides is 1. The highest BCUT2D eigenvalue weighted by molar-refractivity contribution is 7.80. The number of nitrogens with zero attached hydrogens (tertiary/aromatic N) is 1. The summed E-state index contributed by atoms with van der Waals surface area (Å²) in [6.45, 7) is 6.02. The molecule has 0 radical (unpaired) electrons. The lowest BCUT2D eigenvalue weighted by atomic mass is 9.96. The van der Waals surface area contributed by atoms with Gasteiger partial charge >= 0.3 is 0 Å². The van der Waals surface area contributed by atoms with Crippen molar-refractivity contribution < 1.29 is 14.1 Å². The number of nitro groups is 1. The Kier molecular flexibility index (Phi) is 7.17. The number of nitro benzene ring substituents is 1. The van der Waals surface area contributed by atoms with Gasteiger partial charge in [-0.2, -0.15) is 0 Å². The zero-order valence-electron chi connectivity index (χ0n) is 15.9. The zero-order valence-corrected chi connectivity index (χ0v) is 16.7. The Hall–Kier alpha value is -2.87. The van der Waals surface area contributed by atoms with E-state index in [4.69, 9.17) is 12.2 Å². The van der Waals surface area contributed by atoms with Gasteiger partial charge in [-0.3, -0.25) is 14.9 Å². The summed E-state index contributed by atoms with van der Waals surface area (Å²) in [7, 11) is 0. The Morgan fingerprint density at radius 3 is 2.39 bits per heavy atom. The van der Waals surface area contributed by atoms with E-state index < -0.39 is 16.7 Å². The maximum atomic E-state index is 13.8. The molecule has 0 heterocycles. The first kappa shape index (κ1) is 21.4. The highest BCUT2D eigenvalue weighted by atomic mass is 32.1. The summed E-state index contributed by atoms with van der Waals surface area (Å²) in [6, 6.07) is 10.8. The normalized spacial score (nSPS) is 11.8. The number of carbonyl (C=O) groups excluding carboxylic acids is 1. The molecule has 1 unspecified atom stereocenters. The van der Waals surface area contributed by atoms with Gasteiger partial charge in [0, 0.05) is 12.1 Å². The van der Waals surface area contributed by atoms with E-state index in [1.54, 1.807) is 6.92 Å². The summed E-state index contributed by atoms with van der Waals surface area (Å²) in [6.07, 6.45) is 0.962. The number of benzene rings is 2. The minimum Gasteiger partial charge on any atom is -0.330 e. The van der Waals surface area contributed by atoms with E-state index in [-0.39, 0.29) is 22.4 Å². The number of non-ortho nitro benzene ring substituents is 1. The number of nitrogens with one attached hydrogen (secondary N) is 2. The van der Waals surface area contributed by atoms with E-state index in [1.165, 1.54) is 5.56 Å². The van der Waals surface area contributed by atoms with Crippen molar-refractivity contribution in [3.8, 4) is 0 Å². The predicted octanol–water partition coefficient (Wildman–Crippen LogP) is 4.55. The highest BCUT2D eigenvalue weighted by Gasteiger charge is 2.18. The summed E-state index contributed by atoms with van der Waals surface area (Å²) in [5.41, 5.74) is 1.57. The molecule has 0 aliphatic rings. The van der Waals surface area contributed by atoms with Gasteiger partial charge in [-0.05, 0) is 48.7 Å². The number of hydrogen-bond donors (Lipinski definition) is 2.